The maximum Gasteiger partial charge on any atom is 0.407 e. The number of carbonyl (C=O) groups excluding carboxylic acids is 4. The van der Waals surface area contributed by atoms with Gasteiger partial charge in [0.15, 0.2) is 11.6 Å². The second-order valence-electron chi connectivity index (χ2n) is 21.1. The van der Waals surface area contributed by atoms with Crippen LogP contribution in [0.5, 0.6) is 0 Å². The molecule has 0 spiro atoms. The average molecular weight is 1040 g/mol. The molecule has 0 aliphatic carbocycles. The van der Waals surface area contributed by atoms with E-state index in [4.69, 9.17) is 28.9 Å². The lowest BCUT2D eigenvalue weighted by Gasteiger charge is -2.35. The van der Waals surface area contributed by atoms with Crippen molar-refractivity contribution >= 4 is 57.4 Å². The highest BCUT2D eigenvalue weighted by atomic mass is 19.1. The Labute approximate surface area is 434 Å². The number of halogens is 2. The number of hydrogen-bond donors (Lipinski definition) is 4. The van der Waals surface area contributed by atoms with Gasteiger partial charge in [0.25, 0.3) is 0 Å². The van der Waals surface area contributed by atoms with Gasteiger partial charge in [-0.3, -0.25) is 9.59 Å². The van der Waals surface area contributed by atoms with Gasteiger partial charge in [-0.05, 0) is 143 Å². The van der Waals surface area contributed by atoms with E-state index in [1.807, 2.05) is 39.0 Å². The molecule has 20 heteroatoms. The van der Waals surface area contributed by atoms with Gasteiger partial charge < -0.3 is 59.1 Å². The predicted molar refractivity (Wildman–Crippen MR) is 275 cm³/mol. The van der Waals surface area contributed by atoms with Crippen molar-refractivity contribution < 1.29 is 46.9 Å². The molecule has 6 atom stereocenters. The second kappa shape index (κ2) is 22.0. The van der Waals surface area contributed by atoms with Crippen molar-refractivity contribution in [2.45, 2.75) is 120 Å². The molecule has 3 aromatic carbocycles. The largest absolute Gasteiger partial charge is 0.453 e. The van der Waals surface area contributed by atoms with Crippen LogP contribution < -0.4 is 20.4 Å². The van der Waals surface area contributed by atoms with Crippen molar-refractivity contribution in [3.63, 3.8) is 0 Å². The number of rotatable bonds is 12. The highest BCUT2D eigenvalue weighted by molar-refractivity contribution is 5.88. The third-order valence-corrected chi connectivity index (χ3v) is 16.8. The molecule has 5 aromatic rings. The predicted octanol–water partition coefficient (Wildman–Crippen LogP) is 8.42. The molecule has 4 amide bonds. The lowest BCUT2D eigenvalue weighted by atomic mass is 9.90. The monoisotopic (exact) mass is 1030 g/mol. The van der Waals surface area contributed by atoms with Crippen LogP contribution in [-0.2, 0) is 28.5 Å². The topological polar surface area (TPSA) is 200 Å². The number of likely N-dealkylation sites (tertiary alicyclic amines) is 2. The first-order chi connectivity index (χ1) is 36.6. The Hall–Kier alpha value is -6.54. The number of H-pyrrole nitrogens is 2. The maximum atomic E-state index is 16.5. The van der Waals surface area contributed by atoms with Gasteiger partial charge in [-0.25, -0.2) is 28.3 Å². The summed E-state index contributed by atoms with van der Waals surface area (Å²) in [4.78, 5) is 78.5. The van der Waals surface area contributed by atoms with E-state index in [0.29, 0.717) is 121 Å². The minimum Gasteiger partial charge on any atom is -0.453 e. The Kier molecular flexibility index (Phi) is 14.8. The van der Waals surface area contributed by atoms with Crippen LogP contribution >= 0.6 is 0 Å². The summed E-state index contributed by atoms with van der Waals surface area (Å²) in [6.45, 7) is 4.31. The third kappa shape index (κ3) is 10.2. The average Bonchev–Trinajstić information content (AvgIpc) is 4.31. The lowest BCUT2D eigenvalue weighted by molar-refractivity contribution is -0.137. The molecular formula is C55H68F2N10O8. The van der Waals surface area contributed by atoms with Crippen LogP contribution in [0.1, 0.15) is 130 Å². The smallest absolute Gasteiger partial charge is 0.407 e. The molecule has 6 fully saturated rings. The van der Waals surface area contributed by atoms with Crippen LogP contribution in [-0.4, -0.2) is 133 Å². The molecule has 6 aliphatic rings. The highest BCUT2D eigenvalue weighted by Crippen LogP contribution is 2.49. The van der Waals surface area contributed by atoms with Crippen LogP contribution in [0.15, 0.2) is 48.5 Å². The molecule has 6 aliphatic heterocycles. The summed E-state index contributed by atoms with van der Waals surface area (Å²) in [6.07, 6.45) is 8.38. The van der Waals surface area contributed by atoms with Gasteiger partial charge in [0, 0.05) is 58.3 Å². The van der Waals surface area contributed by atoms with E-state index >= 15 is 8.78 Å². The summed E-state index contributed by atoms with van der Waals surface area (Å²) in [6, 6.07) is 12.4. The zero-order valence-corrected chi connectivity index (χ0v) is 42.8. The number of ether oxygens (including phenoxy) is 4. The highest BCUT2D eigenvalue weighted by Gasteiger charge is 2.43. The van der Waals surface area contributed by atoms with Gasteiger partial charge in [0.05, 0.1) is 60.5 Å². The molecule has 8 heterocycles. The number of nitrogens with one attached hydrogen (secondary N) is 4. The van der Waals surface area contributed by atoms with Gasteiger partial charge in [-0.15, -0.1) is 0 Å². The molecule has 0 radical (unpaired) electrons. The number of amides is 4. The van der Waals surface area contributed by atoms with Crippen LogP contribution in [0.25, 0.3) is 22.1 Å². The van der Waals surface area contributed by atoms with Crippen LogP contribution in [0.4, 0.5) is 29.7 Å². The van der Waals surface area contributed by atoms with E-state index in [-0.39, 0.29) is 53.5 Å². The molecule has 4 N–H and O–H groups in total. The number of methoxy groups -OCH3 is 2. The number of aromatic amines is 2. The number of imidazole rings is 2. The summed E-state index contributed by atoms with van der Waals surface area (Å²) in [5, 5.41) is 5.66. The Bertz CT molecular complexity index is 2720. The minimum absolute atomic E-state index is 0.0164. The Balaban J connectivity index is 0.894. The summed E-state index contributed by atoms with van der Waals surface area (Å²) >= 11 is 0. The summed E-state index contributed by atoms with van der Waals surface area (Å²) in [5.74, 6) is -0.389. The molecule has 2 aromatic heterocycles. The van der Waals surface area contributed by atoms with Crippen LogP contribution in [0.3, 0.4) is 0 Å². The van der Waals surface area contributed by atoms with Gasteiger partial charge in [-0.1, -0.05) is 12.1 Å². The van der Waals surface area contributed by atoms with Crippen molar-refractivity contribution in [1.82, 2.24) is 40.4 Å². The van der Waals surface area contributed by atoms with Crippen molar-refractivity contribution in [1.29, 1.82) is 0 Å². The van der Waals surface area contributed by atoms with Crippen LogP contribution in [0.2, 0.25) is 0 Å². The number of alkyl carbamates (subject to hydrolysis) is 2. The van der Waals surface area contributed by atoms with Gasteiger partial charge in [0.1, 0.15) is 29.4 Å². The van der Waals surface area contributed by atoms with Crippen molar-refractivity contribution in [2.75, 3.05) is 76.6 Å². The molecule has 0 bridgehead atoms. The number of nitrogens with zero attached hydrogens (tertiary/aromatic N) is 6. The van der Waals surface area contributed by atoms with Crippen molar-refractivity contribution in [3.8, 4) is 0 Å². The van der Waals surface area contributed by atoms with Gasteiger partial charge in [-0.2, -0.15) is 0 Å². The first-order valence-corrected chi connectivity index (χ1v) is 27.0. The number of piperidine rings is 1. The van der Waals surface area contributed by atoms with Gasteiger partial charge in [0.2, 0.25) is 11.8 Å². The Morgan fingerprint density at radius 1 is 0.587 bits per heavy atom. The zero-order valence-electron chi connectivity index (χ0n) is 42.8. The van der Waals surface area contributed by atoms with E-state index in [9.17, 15) is 19.2 Å². The van der Waals surface area contributed by atoms with Crippen LogP contribution in [0, 0.1) is 23.5 Å². The fourth-order valence-electron chi connectivity index (χ4n) is 13.0. The molecule has 18 nitrogen and oxygen atoms in total. The van der Waals surface area contributed by atoms with E-state index in [1.165, 1.54) is 26.4 Å². The fourth-order valence-corrected chi connectivity index (χ4v) is 13.0. The molecular weight excluding hydrogens is 967 g/mol. The Morgan fingerprint density at radius 3 is 1.48 bits per heavy atom. The molecule has 0 unspecified atom stereocenters. The van der Waals surface area contributed by atoms with Crippen molar-refractivity contribution in [3.05, 3.63) is 82.9 Å². The van der Waals surface area contributed by atoms with E-state index in [0.717, 1.165) is 65.3 Å². The SMILES string of the molecule is COC(=O)N[C@H](C(=O)N1CCC[C@H]1c1nc2ccc([C@H]3CC[C@H](c4ccc5nc([C@@H]6CCCN6C(=O)[C@@H](NC(=O)OC)C6CCOCC6)[nH]c5c4)N3c3cc(F)c(N4CCCCC4)c(F)c3)cc2[nH]1)C1CCOCC1. The normalized spacial score (nSPS) is 23.7. The quantitative estimate of drug-likeness (QED) is 0.0932. The first-order valence-electron chi connectivity index (χ1n) is 27.0. The van der Waals surface area contributed by atoms with E-state index < -0.39 is 35.9 Å². The summed E-state index contributed by atoms with van der Waals surface area (Å²) in [5.41, 5.74) is 5.36. The minimum atomic E-state index is -0.759. The fraction of sp³-hybridized carbons (Fsp3) is 0.564. The second-order valence-corrected chi connectivity index (χ2v) is 21.1. The summed E-state index contributed by atoms with van der Waals surface area (Å²) in [7, 11) is 2.59. The molecule has 75 heavy (non-hydrogen) atoms. The third-order valence-electron chi connectivity index (χ3n) is 16.8. The number of anilines is 2. The number of carbonyl (C=O) groups is 4. The number of benzene rings is 3. The molecule has 11 rings (SSSR count). The molecule has 400 valence electrons. The van der Waals surface area contributed by atoms with E-state index in [1.54, 1.807) is 0 Å². The Morgan fingerprint density at radius 2 is 1.04 bits per heavy atom. The molecule has 6 saturated heterocycles. The summed E-state index contributed by atoms with van der Waals surface area (Å²) < 4.78 is 54.1. The molecule has 0 saturated carbocycles. The lowest BCUT2D eigenvalue weighted by Crippen LogP contribution is -2.53. The van der Waals surface area contributed by atoms with Gasteiger partial charge >= 0.3 is 12.2 Å². The van der Waals surface area contributed by atoms with Crippen molar-refractivity contribution in [2.24, 2.45) is 11.8 Å². The number of fused-ring (bicyclic) bond motifs is 2. The number of hydrogen-bond acceptors (Lipinski definition) is 12. The maximum absolute atomic E-state index is 16.5. The van der Waals surface area contributed by atoms with E-state index in [2.05, 4.69) is 37.6 Å². The zero-order chi connectivity index (χ0) is 51.7. The first kappa shape index (κ1) is 50.6. The number of aromatic nitrogens is 4. The standard InChI is InChI=1S/C55H68F2N10O8/c1-72-54(70)62-47(32-16-24-74-25-17-32)52(68)65-22-6-8-45(65)50-58-39-12-10-34(28-41(39)60-50)43-14-15-44(67(43)36-30-37(56)49(38(57)31-36)64-20-4-3-5-21-64)35-11-13-40-42(29-35)61-51(59-40)46-9-7-23-66(46)53(69)48(63-55(71)73-2)33-18-26-75-27-19-33/h10-13,28-33,43-48H,3-9,14-27H2,1-2H3,(H,58,60)(H,59,61)(H,62,70)(H,63,71)/t43-,44-,45+,46+,47+,48+/m1/s1.